The molecule has 0 aliphatic heterocycles. The second kappa shape index (κ2) is 5.85. The van der Waals surface area contributed by atoms with Gasteiger partial charge in [-0.2, -0.15) is 5.26 Å². The number of aliphatic hydroxyl groups is 1. The Bertz CT molecular complexity index is 593. The minimum atomic E-state index is -3.69. The summed E-state index contributed by atoms with van der Waals surface area (Å²) in [6, 6.07) is 4.53. The van der Waals surface area contributed by atoms with E-state index in [2.05, 4.69) is 21.5 Å². The van der Waals surface area contributed by atoms with E-state index in [0.717, 1.165) is 0 Å². The van der Waals surface area contributed by atoms with Crippen molar-refractivity contribution in [1.29, 1.82) is 5.26 Å². The first-order valence-electron chi connectivity index (χ1n) is 4.50. The zero-order chi connectivity index (χ0) is 12.7. The molecule has 17 heavy (non-hydrogen) atoms. The van der Waals surface area contributed by atoms with E-state index < -0.39 is 15.8 Å². The molecule has 0 atom stereocenters. The van der Waals surface area contributed by atoms with Crippen LogP contribution in [0.5, 0.6) is 0 Å². The van der Waals surface area contributed by atoms with Crippen molar-refractivity contribution in [2.24, 2.45) is 0 Å². The summed E-state index contributed by atoms with van der Waals surface area (Å²) in [7, 11) is -3.69. The van der Waals surface area contributed by atoms with Gasteiger partial charge in [-0.25, -0.2) is 13.4 Å². The molecule has 0 spiro atoms. The van der Waals surface area contributed by atoms with Crippen LogP contribution in [0, 0.1) is 23.2 Å². The number of rotatable bonds is 3. The Morgan fingerprint density at radius 3 is 2.94 bits per heavy atom. The van der Waals surface area contributed by atoms with Gasteiger partial charge in [0.1, 0.15) is 12.4 Å². The van der Waals surface area contributed by atoms with Crippen LogP contribution in [0.1, 0.15) is 5.56 Å². The molecule has 0 unspecified atom stereocenters. The number of aliphatic hydroxyl groups excluding tert-OH is 1. The molecule has 0 fully saturated rings. The zero-order valence-corrected chi connectivity index (χ0v) is 9.53. The quantitative estimate of drug-likeness (QED) is 0.717. The summed E-state index contributed by atoms with van der Waals surface area (Å²) in [5.41, 5.74) is 0.517. The molecule has 0 aromatic carbocycles. The molecule has 7 heteroatoms. The van der Waals surface area contributed by atoms with Crippen LogP contribution >= 0.6 is 0 Å². The number of hydrogen-bond donors (Lipinski definition) is 2. The molecule has 6 nitrogen and oxygen atoms in total. The van der Waals surface area contributed by atoms with E-state index in [1.165, 1.54) is 18.3 Å². The highest BCUT2D eigenvalue weighted by Gasteiger charge is 2.09. The van der Waals surface area contributed by atoms with Gasteiger partial charge in [0, 0.05) is 11.8 Å². The molecule has 88 valence electrons. The maximum atomic E-state index is 11.3. The van der Waals surface area contributed by atoms with Gasteiger partial charge in [-0.3, -0.25) is 4.72 Å². The van der Waals surface area contributed by atoms with Crippen molar-refractivity contribution in [2.75, 3.05) is 17.1 Å². The average molecular weight is 251 g/mol. The lowest BCUT2D eigenvalue weighted by Gasteiger charge is -2.03. The highest BCUT2D eigenvalue weighted by atomic mass is 32.2. The maximum absolute atomic E-state index is 11.3. The van der Waals surface area contributed by atoms with Gasteiger partial charge in [-0.1, -0.05) is 11.8 Å². The standard InChI is InChI=1S/C10H9N3O3S/c11-4-7-17(15,16)13-10-8-9(2-1-6-14)3-5-12-10/h3,5,8,14H,6-7H2,(H,12,13). The van der Waals surface area contributed by atoms with Crippen LogP contribution in [0.15, 0.2) is 18.3 Å². The first-order chi connectivity index (χ1) is 8.07. The molecule has 0 bridgehead atoms. The summed E-state index contributed by atoms with van der Waals surface area (Å²) < 4.78 is 24.7. The monoisotopic (exact) mass is 251 g/mol. The van der Waals surface area contributed by atoms with Crippen molar-refractivity contribution in [2.45, 2.75) is 0 Å². The number of pyridine rings is 1. The number of hydrogen-bond acceptors (Lipinski definition) is 5. The molecule has 0 radical (unpaired) electrons. The van der Waals surface area contributed by atoms with Crippen LogP contribution < -0.4 is 4.72 Å². The normalized spacial score (nSPS) is 9.88. The summed E-state index contributed by atoms with van der Waals surface area (Å²) in [4.78, 5) is 3.78. The lowest BCUT2D eigenvalue weighted by Crippen LogP contribution is -2.16. The minimum absolute atomic E-state index is 0.0880. The van der Waals surface area contributed by atoms with Crippen LogP contribution in [0.4, 0.5) is 5.82 Å². The van der Waals surface area contributed by atoms with Gasteiger partial charge in [0.25, 0.3) is 0 Å². The topological polar surface area (TPSA) is 103 Å². The molecule has 2 N–H and O–H groups in total. The van der Waals surface area contributed by atoms with Gasteiger partial charge >= 0.3 is 0 Å². The molecule has 1 rings (SSSR count). The lowest BCUT2D eigenvalue weighted by molar-refractivity contribution is 0.350. The number of sulfonamides is 1. The zero-order valence-electron chi connectivity index (χ0n) is 8.71. The molecular weight excluding hydrogens is 242 g/mol. The summed E-state index contributed by atoms with van der Waals surface area (Å²) in [5, 5.41) is 16.8. The van der Waals surface area contributed by atoms with Gasteiger partial charge in [-0.05, 0) is 12.1 Å². The number of nitrogens with one attached hydrogen (secondary N) is 1. The highest BCUT2D eigenvalue weighted by Crippen LogP contribution is 2.07. The molecule has 0 aliphatic rings. The van der Waals surface area contributed by atoms with Crippen molar-refractivity contribution in [1.82, 2.24) is 4.98 Å². The Morgan fingerprint density at radius 2 is 2.29 bits per heavy atom. The van der Waals surface area contributed by atoms with Crippen molar-refractivity contribution in [3.05, 3.63) is 23.9 Å². The highest BCUT2D eigenvalue weighted by molar-refractivity contribution is 7.92. The predicted octanol–water partition coefficient (Wildman–Crippen LogP) is -0.309. The number of aromatic nitrogens is 1. The summed E-state index contributed by atoms with van der Waals surface area (Å²) >= 11 is 0. The first-order valence-corrected chi connectivity index (χ1v) is 6.16. The molecule has 0 amide bonds. The summed E-state index contributed by atoms with van der Waals surface area (Å²) in [6.07, 6.45) is 1.38. The van der Waals surface area contributed by atoms with E-state index in [9.17, 15) is 8.42 Å². The van der Waals surface area contributed by atoms with Crippen molar-refractivity contribution < 1.29 is 13.5 Å². The number of nitriles is 1. The fraction of sp³-hybridized carbons (Fsp3) is 0.200. The maximum Gasteiger partial charge on any atom is 0.247 e. The van der Waals surface area contributed by atoms with Gasteiger partial charge in [0.15, 0.2) is 5.75 Å². The molecule has 1 heterocycles. The largest absolute Gasteiger partial charge is 0.384 e. The van der Waals surface area contributed by atoms with Crippen LogP contribution in [0.2, 0.25) is 0 Å². The van der Waals surface area contributed by atoms with Crippen LogP contribution in [0.25, 0.3) is 0 Å². The van der Waals surface area contributed by atoms with Crippen molar-refractivity contribution in [3.8, 4) is 17.9 Å². The Balaban J connectivity index is 2.91. The SMILES string of the molecule is N#CCS(=O)(=O)Nc1cc(C#CCO)ccn1. The first kappa shape index (κ1) is 13.0. The Morgan fingerprint density at radius 1 is 1.53 bits per heavy atom. The van der Waals surface area contributed by atoms with Crippen molar-refractivity contribution >= 4 is 15.8 Å². The second-order valence-electron chi connectivity index (χ2n) is 2.91. The Hall–Kier alpha value is -2.09. The van der Waals surface area contributed by atoms with Crippen LogP contribution in [-0.4, -0.2) is 30.9 Å². The minimum Gasteiger partial charge on any atom is -0.384 e. The fourth-order valence-electron chi connectivity index (χ4n) is 0.986. The predicted molar refractivity (Wildman–Crippen MR) is 61.2 cm³/mol. The van der Waals surface area contributed by atoms with Gasteiger partial charge in [-0.15, -0.1) is 0 Å². The Labute approximate surface area is 99.0 Å². The third-order valence-corrected chi connectivity index (χ3v) is 2.62. The molecule has 0 saturated heterocycles. The molecule has 0 aliphatic carbocycles. The van der Waals surface area contributed by atoms with E-state index >= 15 is 0 Å². The van der Waals surface area contributed by atoms with Gasteiger partial charge in [0.2, 0.25) is 10.0 Å². The smallest absolute Gasteiger partial charge is 0.247 e. The molecular formula is C10H9N3O3S. The number of anilines is 1. The van der Waals surface area contributed by atoms with E-state index in [1.54, 1.807) is 6.07 Å². The molecule has 1 aromatic heterocycles. The average Bonchev–Trinajstić information content (AvgIpc) is 2.26. The van der Waals surface area contributed by atoms with E-state index in [1.807, 2.05) is 0 Å². The third-order valence-electron chi connectivity index (χ3n) is 1.59. The van der Waals surface area contributed by atoms with Crippen molar-refractivity contribution in [3.63, 3.8) is 0 Å². The van der Waals surface area contributed by atoms with E-state index in [0.29, 0.717) is 5.56 Å². The Kier molecular flexibility index (Phi) is 4.46. The van der Waals surface area contributed by atoms with Gasteiger partial charge in [0.05, 0.1) is 6.07 Å². The van der Waals surface area contributed by atoms with Crippen LogP contribution in [0.3, 0.4) is 0 Å². The van der Waals surface area contributed by atoms with E-state index in [-0.39, 0.29) is 12.4 Å². The van der Waals surface area contributed by atoms with E-state index in [4.69, 9.17) is 10.4 Å². The second-order valence-corrected chi connectivity index (χ2v) is 4.63. The third kappa shape index (κ3) is 4.51. The number of nitrogens with zero attached hydrogens (tertiary/aromatic N) is 2. The molecule has 1 aromatic rings. The summed E-state index contributed by atoms with van der Waals surface area (Å²) in [5.74, 6) is 4.49. The van der Waals surface area contributed by atoms with Gasteiger partial charge < -0.3 is 5.11 Å². The molecule has 0 saturated carbocycles. The summed E-state index contributed by atoms with van der Waals surface area (Å²) in [6.45, 7) is -0.280. The fourth-order valence-corrected chi connectivity index (χ4v) is 1.66. The lowest BCUT2D eigenvalue weighted by atomic mass is 10.2. The van der Waals surface area contributed by atoms with Crippen LogP contribution in [-0.2, 0) is 10.0 Å².